The average Bonchev–Trinajstić information content (AvgIpc) is 3.63. The topological polar surface area (TPSA) is 8.17 Å². The van der Waals surface area contributed by atoms with Crippen molar-refractivity contribution >= 4 is 38.9 Å². The van der Waals surface area contributed by atoms with Crippen LogP contribution in [0.4, 0.5) is 17.1 Å². The molecule has 0 saturated heterocycles. The smallest absolute Gasteiger partial charge is 0.0547 e. The summed E-state index contributed by atoms with van der Waals surface area (Å²) in [6.07, 6.45) is 0. The first-order valence-corrected chi connectivity index (χ1v) is 19.2. The summed E-state index contributed by atoms with van der Waals surface area (Å²) in [5, 5.41) is 2.49. The molecule has 1 aromatic heterocycles. The Balaban J connectivity index is 1.09. The minimum absolute atomic E-state index is 1.10. The zero-order valence-electron chi connectivity index (χ0n) is 30.8. The number of benzene rings is 9. The summed E-state index contributed by atoms with van der Waals surface area (Å²) in [5.74, 6) is 0. The Kier molecular flexibility index (Phi) is 8.55. The highest BCUT2D eigenvalue weighted by molar-refractivity contribution is 6.16. The molecule has 0 saturated carbocycles. The van der Waals surface area contributed by atoms with Crippen molar-refractivity contribution in [3.63, 3.8) is 0 Å². The Morgan fingerprint density at radius 2 is 0.714 bits per heavy atom. The van der Waals surface area contributed by atoms with Crippen LogP contribution in [-0.2, 0) is 0 Å². The molecule has 264 valence electrons. The average molecular weight is 715 g/mol. The molecule has 10 rings (SSSR count). The molecular weight excluding hydrogens is 677 g/mol. The van der Waals surface area contributed by atoms with Gasteiger partial charge in [0.25, 0.3) is 0 Å². The maximum absolute atomic E-state index is 2.40. The Hall–Kier alpha value is -7.42. The minimum atomic E-state index is 1.10. The number of rotatable bonds is 8. The molecule has 0 radical (unpaired) electrons. The highest BCUT2D eigenvalue weighted by Gasteiger charge is 2.18. The largest absolute Gasteiger partial charge is 0.310 e. The van der Waals surface area contributed by atoms with Crippen LogP contribution >= 0.6 is 0 Å². The van der Waals surface area contributed by atoms with E-state index < -0.39 is 0 Å². The van der Waals surface area contributed by atoms with Crippen LogP contribution in [0.3, 0.4) is 0 Å². The van der Waals surface area contributed by atoms with Crippen LogP contribution in [0.1, 0.15) is 0 Å². The van der Waals surface area contributed by atoms with E-state index in [0.29, 0.717) is 0 Å². The maximum Gasteiger partial charge on any atom is 0.0547 e. The van der Waals surface area contributed by atoms with Crippen LogP contribution < -0.4 is 4.90 Å². The second-order valence-electron chi connectivity index (χ2n) is 14.2. The summed E-state index contributed by atoms with van der Waals surface area (Å²) >= 11 is 0. The second-order valence-corrected chi connectivity index (χ2v) is 14.2. The lowest BCUT2D eigenvalue weighted by molar-refractivity contribution is 1.18. The fourth-order valence-electron chi connectivity index (χ4n) is 8.10. The maximum atomic E-state index is 2.40. The first-order chi connectivity index (χ1) is 27.8. The lowest BCUT2D eigenvalue weighted by Gasteiger charge is -2.26. The molecule has 0 unspecified atom stereocenters. The van der Waals surface area contributed by atoms with E-state index in [4.69, 9.17) is 0 Å². The molecule has 10 aromatic rings. The highest BCUT2D eigenvalue weighted by atomic mass is 15.1. The predicted octanol–water partition coefficient (Wildman–Crippen LogP) is 14.9. The Bertz CT molecular complexity index is 2830. The molecule has 0 amide bonds. The van der Waals surface area contributed by atoms with Crippen LogP contribution in [0.2, 0.25) is 0 Å². The van der Waals surface area contributed by atoms with Crippen LogP contribution in [0.25, 0.3) is 72.0 Å². The third-order valence-corrected chi connectivity index (χ3v) is 10.8. The van der Waals surface area contributed by atoms with Crippen LogP contribution in [0, 0.1) is 0 Å². The number of hydrogen-bond donors (Lipinski definition) is 0. The molecule has 56 heavy (non-hydrogen) atoms. The molecule has 0 aliphatic rings. The van der Waals surface area contributed by atoms with Crippen molar-refractivity contribution in [2.45, 2.75) is 0 Å². The van der Waals surface area contributed by atoms with Crippen molar-refractivity contribution in [2.75, 3.05) is 4.90 Å². The van der Waals surface area contributed by atoms with E-state index in [2.05, 4.69) is 240 Å². The molecule has 2 nitrogen and oxygen atoms in total. The lowest BCUT2D eigenvalue weighted by Crippen LogP contribution is -2.10. The number of hydrogen-bond acceptors (Lipinski definition) is 1. The van der Waals surface area contributed by atoms with Gasteiger partial charge in [-0.15, -0.1) is 0 Å². The van der Waals surface area contributed by atoms with Gasteiger partial charge in [0.05, 0.1) is 11.0 Å². The first kappa shape index (κ1) is 33.2. The number of nitrogens with zero attached hydrogens (tertiary/aromatic N) is 2. The van der Waals surface area contributed by atoms with Crippen molar-refractivity contribution in [2.24, 2.45) is 0 Å². The van der Waals surface area contributed by atoms with Crippen LogP contribution in [0.5, 0.6) is 0 Å². The van der Waals surface area contributed by atoms with Gasteiger partial charge in [-0.05, 0) is 105 Å². The van der Waals surface area contributed by atoms with Gasteiger partial charge in [-0.25, -0.2) is 0 Å². The SMILES string of the molecule is c1ccc(-c2ccc(N(c3ccc(-c4ccccc4)cc3)c3cccc(-c4cccc5c4c4ccccc4n5-c4ccc(-c5ccccc5)cc4)c3)cc2)cc1. The first-order valence-electron chi connectivity index (χ1n) is 19.2. The van der Waals surface area contributed by atoms with Crippen molar-refractivity contribution in [1.29, 1.82) is 0 Å². The second kappa shape index (κ2) is 14.4. The zero-order valence-corrected chi connectivity index (χ0v) is 30.8. The summed E-state index contributed by atoms with van der Waals surface area (Å²) in [4.78, 5) is 2.37. The fraction of sp³-hybridized carbons (Fsp3) is 0. The van der Waals surface area contributed by atoms with Gasteiger partial charge >= 0.3 is 0 Å². The third kappa shape index (κ3) is 6.14. The van der Waals surface area contributed by atoms with Gasteiger partial charge in [0.2, 0.25) is 0 Å². The third-order valence-electron chi connectivity index (χ3n) is 10.8. The van der Waals surface area contributed by atoms with Crippen LogP contribution in [0.15, 0.2) is 231 Å². The van der Waals surface area contributed by atoms with E-state index in [-0.39, 0.29) is 0 Å². The molecule has 9 aromatic carbocycles. The molecular formula is C54H38N2. The summed E-state index contributed by atoms with van der Waals surface area (Å²) < 4.78 is 2.40. The normalized spacial score (nSPS) is 11.2. The summed E-state index contributed by atoms with van der Waals surface area (Å²) in [6, 6.07) is 83.0. The molecule has 0 aliphatic heterocycles. The molecule has 0 atom stereocenters. The van der Waals surface area contributed by atoms with Gasteiger partial charge < -0.3 is 9.47 Å². The van der Waals surface area contributed by atoms with Crippen molar-refractivity contribution < 1.29 is 0 Å². The number of fused-ring (bicyclic) bond motifs is 3. The Labute approximate surface area is 327 Å². The van der Waals surface area contributed by atoms with E-state index in [9.17, 15) is 0 Å². The molecule has 0 fully saturated rings. The molecule has 2 heteroatoms. The van der Waals surface area contributed by atoms with E-state index >= 15 is 0 Å². The molecule has 0 spiro atoms. The van der Waals surface area contributed by atoms with Gasteiger partial charge in [-0.1, -0.05) is 170 Å². The quantitative estimate of drug-likeness (QED) is 0.152. The zero-order chi connectivity index (χ0) is 37.3. The van der Waals surface area contributed by atoms with Gasteiger partial charge in [0, 0.05) is 33.5 Å². The monoisotopic (exact) mass is 714 g/mol. The molecule has 0 bridgehead atoms. The van der Waals surface area contributed by atoms with E-state index in [0.717, 1.165) is 22.7 Å². The highest BCUT2D eigenvalue weighted by Crippen LogP contribution is 2.42. The molecule has 1 heterocycles. The van der Waals surface area contributed by atoms with E-state index in [1.54, 1.807) is 0 Å². The summed E-state index contributed by atoms with van der Waals surface area (Å²) in [5.41, 5.74) is 16.4. The predicted molar refractivity (Wildman–Crippen MR) is 237 cm³/mol. The van der Waals surface area contributed by atoms with Crippen LogP contribution in [-0.4, -0.2) is 4.57 Å². The van der Waals surface area contributed by atoms with Gasteiger partial charge in [0.1, 0.15) is 0 Å². The Morgan fingerprint density at radius 1 is 0.286 bits per heavy atom. The van der Waals surface area contributed by atoms with E-state index in [1.807, 2.05) is 0 Å². The summed E-state index contributed by atoms with van der Waals surface area (Å²) in [6.45, 7) is 0. The standard InChI is InChI=1S/C54H38N2/c1-4-14-39(15-5-1)42-26-32-46(33-27-42)55(47-34-28-43(29-35-47)40-16-6-2-7-17-40)49-21-12-20-45(38-49)50-23-13-25-53-54(50)51-22-10-11-24-52(51)56(53)48-36-30-44(31-37-48)41-18-8-3-9-19-41/h1-38H. The fourth-order valence-corrected chi connectivity index (χ4v) is 8.10. The number of para-hydroxylation sites is 1. The number of anilines is 3. The van der Waals surface area contributed by atoms with E-state index in [1.165, 1.54) is 66.3 Å². The molecule has 0 aliphatic carbocycles. The minimum Gasteiger partial charge on any atom is -0.310 e. The van der Waals surface area contributed by atoms with Gasteiger partial charge in [0.15, 0.2) is 0 Å². The van der Waals surface area contributed by atoms with Gasteiger partial charge in [-0.3, -0.25) is 0 Å². The van der Waals surface area contributed by atoms with Gasteiger partial charge in [-0.2, -0.15) is 0 Å². The summed E-state index contributed by atoms with van der Waals surface area (Å²) in [7, 11) is 0. The van der Waals surface area contributed by atoms with Crippen molar-refractivity contribution in [1.82, 2.24) is 4.57 Å². The lowest BCUT2D eigenvalue weighted by atomic mass is 9.98. The number of aromatic nitrogens is 1. The molecule has 0 N–H and O–H groups in total. The Morgan fingerprint density at radius 3 is 1.27 bits per heavy atom. The van der Waals surface area contributed by atoms with Crippen molar-refractivity contribution in [3.8, 4) is 50.2 Å². The van der Waals surface area contributed by atoms with Crippen molar-refractivity contribution in [3.05, 3.63) is 231 Å².